The normalized spacial score (nSPS) is 10.2. The minimum absolute atomic E-state index is 0.151. The van der Waals surface area contributed by atoms with Gasteiger partial charge in [-0.2, -0.15) is 5.26 Å². The van der Waals surface area contributed by atoms with E-state index in [1.54, 1.807) is 10.3 Å². The van der Waals surface area contributed by atoms with E-state index in [2.05, 4.69) is 4.98 Å². The molecule has 1 aromatic rings. The van der Waals surface area contributed by atoms with Crippen LogP contribution in [0.1, 0.15) is 30.8 Å². The molecule has 0 aliphatic carbocycles. The van der Waals surface area contributed by atoms with E-state index in [1.165, 1.54) is 11.3 Å². The molecule has 0 radical (unpaired) electrons. The second kappa shape index (κ2) is 6.21. The van der Waals surface area contributed by atoms with Crippen molar-refractivity contribution in [3.05, 3.63) is 11.1 Å². The zero-order valence-electron chi connectivity index (χ0n) is 10.0. The van der Waals surface area contributed by atoms with Gasteiger partial charge in [0.15, 0.2) is 5.13 Å². The lowest BCUT2D eigenvalue weighted by Gasteiger charge is -2.22. The van der Waals surface area contributed by atoms with Crippen LogP contribution in [0.2, 0.25) is 0 Å². The molecule has 0 unspecified atom stereocenters. The average molecular weight is 252 g/mol. The number of nitriles is 1. The van der Waals surface area contributed by atoms with Gasteiger partial charge >= 0.3 is 0 Å². The van der Waals surface area contributed by atoms with E-state index in [-0.39, 0.29) is 5.91 Å². The fraction of sp³-hybridized carbons (Fsp3) is 0.545. The second-order valence-corrected chi connectivity index (χ2v) is 5.01. The van der Waals surface area contributed by atoms with Crippen LogP contribution in [-0.4, -0.2) is 28.9 Å². The van der Waals surface area contributed by atoms with Crippen molar-refractivity contribution in [1.29, 1.82) is 5.26 Å². The van der Waals surface area contributed by atoms with E-state index in [0.717, 1.165) is 0 Å². The van der Waals surface area contributed by atoms with Crippen LogP contribution >= 0.6 is 11.3 Å². The molecule has 1 heterocycles. The molecule has 0 aromatic carbocycles. The number of carbonyl (C=O) groups excluding carboxylic acids is 1. The zero-order valence-corrected chi connectivity index (χ0v) is 10.8. The Morgan fingerprint density at radius 1 is 1.71 bits per heavy atom. The van der Waals surface area contributed by atoms with Gasteiger partial charge in [-0.05, 0) is 5.92 Å². The number of carbonyl (C=O) groups is 1. The van der Waals surface area contributed by atoms with Gasteiger partial charge in [-0.15, -0.1) is 11.3 Å². The molecule has 0 saturated heterocycles. The van der Waals surface area contributed by atoms with E-state index >= 15 is 0 Å². The molecule has 2 N–H and O–H groups in total. The molecular weight excluding hydrogens is 236 g/mol. The van der Waals surface area contributed by atoms with E-state index in [4.69, 9.17) is 11.0 Å². The summed E-state index contributed by atoms with van der Waals surface area (Å²) in [5.74, 6) is 0.204. The third-order valence-corrected chi connectivity index (χ3v) is 2.78. The van der Waals surface area contributed by atoms with Crippen LogP contribution in [-0.2, 0) is 0 Å². The lowest BCUT2D eigenvalue weighted by molar-refractivity contribution is 0.0735. The van der Waals surface area contributed by atoms with Crippen molar-refractivity contribution in [1.82, 2.24) is 9.88 Å². The number of nitrogen functional groups attached to an aromatic ring is 1. The minimum atomic E-state index is -0.151. The van der Waals surface area contributed by atoms with Crippen molar-refractivity contribution in [3.8, 4) is 6.07 Å². The van der Waals surface area contributed by atoms with Crippen molar-refractivity contribution in [3.63, 3.8) is 0 Å². The van der Waals surface area contributed by atoms with Crippen LogP contribution in [0.4, 0.5) is 5.13 Å². The van der Waals surface area contributed by atoms with Gasteiger partial charge in [0.2, 0.25) is 0 Å². The monoisotopic (exact) mass is 252 g/mol. The Balaban J connectivity index is 2.75. The number of anilines is 1. The van der Waals surface area contributed by atoms with Gasteiger partial charge in [0.25, 0.3) is 5.91 Å². The third kappa shape index (κ3) is 4.04. The summed E-state index contributed by atoms with van der Waals surface area (Å²) in [5, 5.41) is 10.6. The number of nitrogens with zero attached hydrogens (tertiary/aromatic N) is 3. The minimum Gasteiger partial charge on any atom is -0.375 e. The van der Waals surface area contributed by atoms with Crippen molar-refractivity contribution >= 4 is 22.4 Å². The number of hydrogen-bond acceptors (Lipinski definition) is 5. The summed E-state index contributed by atoms with van der Waals surface area (Å²) in [7, 11) is 0. The number of rotatable bonds is 5. The maximum atomic E-state index is 12.1. The number of amides is 1. The van der Waals surface area contributed by atoms with Gasteiger partial charge in [-0.1, -0.05) is 13.8 Å². The van der Waals surface area contributed by atoms with Crippen molar-refractivity contribution in [2.75, 3.05) is 18.8 Å². The van der Waals surface area contributed by atoms with Crippen LogP contribution in [0.3, 0.4) is 0 Å². The largest absolute Gasteiger partial charge is 0.375 e. The molecule has 1 aromatic heterocycles. The summed E-state index contributed by atoms with van der Waals surface area (Å²) in [4.78, 5) is 17.7. The molecule has 5 nitrogen and oxygen atoms in total. The molecule has 0 aliphatic heterocycles. The van der Waals surface area contributed by atoms with Crippen molar-refractivity contribution < 1.29 is 4.79 Å². The summed E-state index contributed by atoms with van der Waals surface area (Å²) in [6.45, 7) is 5.12. The predicted octanol–water partition coefficient (Wildman–Crippen LogP) is 1.74. The highest BCUT2D eigenvalue weighted by atomic mass is 32.1. The molecule has 17 heavy (non-hydrogen) atoms. The Bertz CT molecular complexity index is 421. The average Bonchev–Trinajstić information content (AvgIpc) is 2.69. The first-order valence-electron chi connectivity index (χ1n) is 5.41. The molecule has 0 spiro atoms. The second-order valence-electron chi connectivity index (χ2n) is 4.12. The molecule has 0 aliphatic rings. The van der Waals surface area contributed by atoms with Crippen molar-refractivity contribution in [2.24, 2.45) is 5.92 Å². The Morgan fingerprint density at radius 3 is 2.88 bits per heavy atom. The highest BCUT2D eigenvalue weighted by molar-refractivity contribution is 7.13. The number of nitrogens with two attached hydrogens (primary N) is 1. The van der Waals surface area contributed by atoms with Gasteiger partial charge in [0.05, 0.1) is 12.5 Å². The smallest absolute Gasteiger partial charge is 0.273 e. The topological polar surface area (TPSA) is 83.0 Å². The summed E-state index contributed by atoms with van der Waals surface area (Å²) in [5.41, 5.74) is 5.87. The number of thiazole rings is 1. The Kier molecular flexibility index (Phi) is 4.91. The number of aromatic nitrogens is 1. The van der Waals surface area contributed by atoms with Crippen LogP contribution in [0, 0.1) is 17.2 Å². The molecule has 92 valence electrons. The first-order valence-corrected chi connectivity index (χ1v) is 6.29. The quantitative estimate of drug-likeness (QED) is 0.865. The third-order valence-electron chi connectivity index (χ3n) is 2.11. The van der Waals surface area contributed by atoms with Crippen LogP contribution in [0.15, 0.2) is 5.38 Å². The van der Waals surface area contributed by atoms with E-state index < -0.39 is 0 Å². The van der Waals surface area contributed by atoms with Gasteiger partial charge < -0.3 is 10.6 Å². The Morgan fingerprint density at radius 2 is 2.41 bits per heavy atom. The zero-order chi connectivity index (χ0) is 12.8. The van der Waals surface area contributed by atoms with E-state index in [1.807, 2.05) is 19.9 Å². The van der Waals surface area contributed by atoms with Gasteiger partial charge in [0, 0.05) is 18.5 Å². The van der Waals surface area contributed by atoms with Crippen LogP contribution < -0.4 is 5.73 Å². The molecule has 0 saturated carbocycles. The van der Waals surface area contributed by atoms with Crippen LogP contribution in [0.25, 0.3) is 0 Å². The highest BCUT2D eigenvalue weighted by Crippen LogP contribution is 2.14. The summed E-state index contributed by atoms with van der Waals surface area (Å²) in [6.07, 6.45) is 0.331. The molecule has 0 fully saturated rings. The first kappa shape index (κ1) is 13.5. The summed E-state index contributed by atoms with van der Waals surface area (Å²) < 4.78 is 0. The van der Waals surface area contributed by atoms with Crippen molar-refractivity contribution in [2.45, 2.75) is 20.3 Å². The summed E-state index contributed by atoms with van der Waals surface area (Å²) >= 11 is 1.25. The highest BCUT2D eigenvalue weighted by Gasteiger charge is 2.18. The lowest BCUT2D eigenvalue weighted by atomic mass is 10.2. The Hall–Kier alpha value is -1.61. The fourth-order valence-electron chi connectivity index (χ4n) is 1.45. The fourth-order valence-corrected chi connectivity index (χ4v) is 1.99. The van der Waals surface area contributed by atoms with Gasteiger partial charge in [-0.25, -0.2) is 4.98 Å². The molecular formula is C11H16N4OS. The lowest BCUT2D eigenvalue weighted by Crippen LogP contribution is -2.35. The molecule has 1 amide bonds. The maximum absolute atomic E-state index is 12.1. The predicted molar refractivity (Wildman–Crippen MR) is 67.5 cm³/mol. The maximum Gasteiger partial charge on any atom is 0.273 e. The van der Waals surface area contributed by atoms with E-state index in [9.17, 15) is 4.79 Å². The molecule has 0 bridgehead atoms. The summed E-state index contributed by atoms with van der Waals surface area (Å²) in [6, 6.07) is 2.05. The Labute approximate surface area is 105 Å². The molecule has 0 atom stereocenters. The van der Waals surface area contributed by atoms with Gasteiger partial charge in [0.1, 0.15) is 5.69 Å². The van der Waals surface area contributed by atoms with E-state index in [0.29, 0.717) is 36.3 Å². The first-order chi connectivity index (χ1) is 8.04. The number of hydrogen-bond donors (Lipinski definition) is 1. The SMILES string of the molecule is CC(C)CN(CCC#N)C(=O)c1csc(N)n1. The molecule has 1 rings (SSSR count). The standard InChI is InChI=1S/C11H16N4OS/c1-8(2)6-15(5-3-4-12)10(16)9-7-17-11(13)14-9/h7-8H,3,5-6H2,1-2H3,(H2,13,14). The van der Waals surface area contributed by atoms with Gasteiger partial charge in [-0.3, -0.25) is 4.79 Å². The molecule has 6 heteroatoms. The van der Waals surface area contributed by atoms with Crippen LogP contribution in [0.5, 0.6) is 0 Å².